The molecule has 1 aromatic carbocycles. The van der Waals surface area contributed by atoms with Crippen LogP contribution in [-0.4, -0.2) is 38.6 Å². The largest absolute Gasteiger partial charge is 0.497 e. The number of aliphatic imine (C=N–C) groups is 1. The first-order valence-corrected chi connectivity index (χ1v) is 7.17. The van der Waals surface area contributed by atoms with Crippen molar-refractivity contribution in [2.45, 2.75) is 33.2 Å². The molecular formula is C16H28IN3O. The molecule has 0 unspecified atom stereocenters. The second kappa shape index (κ2) is 10.7. The number of unbranched alkanes of at least 4 members (excludes halogenated alkanes) is 1. The fourth-order valence-electron chi connectivity index (χ4n) is 2.11. The van der Waals surface area contributed by atoms with Gasteiger partial charge in [0.2, 0.25) is 0 Å². The Morgan fingerprint density at radius 2 is 2.05 bits per heavy atom. The van der Waals surface area contributed by atoms with E-state index in [2.05, 4.69) is 48.2 Å². The standard InChI is InChI=1S/C16H27N3O.HI/c1-6-7-8-19(4)16(17-3)18-12-14-9-13(2)10-15(11-14)20-5;/h9-11H,6-8,12H2,1-5H3,(H,17,18);1H. The van der Waals surface area contributed by atoms with Crippen LogP contribution in [-0.2, 0) is 6.54 Å². The van der Waals surface area contributed by atoms with Crippen molar-refractivity contribution in [2.75, 3.05) is 27.7 Å². The smallest absolute Gasteiger partial charge is 0.193 e. The first kappa shape index (κ1) is 20.0. The van der Waals surface area contributed by atoms with E-state index in [1.54, 1.807) is 7.11 Å². The summed E-state index contributed by atoms with van der Waals surface area (Å²) in [4.78, 5) is 6.48. The normalized spacial score (nSPS) is 10.8. The lowest BCUT2D eigenvalue weighted by molar-refractivity contribution is 0.413. The maximum atomic E-state index is 5.30. The van der Waals surface area contributed by atoms with E-state index in [1.165, 1.54) is 24.0 Å². The molecule has 21 heavy (non-hydrogen) atoms. The Bertz CT molecular complexity index is 449. The molecule has 0 aliphatic carbocycles. The Morgan fingerprint density at radius 1 is 1.33 bits per heavy atom. The highest BCUT2D eigenvalue weighted by atomic mass is 127. The van der Waals surface area contributed by atoms with E-state index >= 15 is 0 Å². The van der Waals surface area contributed by atoms with Crippen molar-refractivity contribution in [1.29, 1.82) is 0 Å². The van der Waals surface area contributed by atoms with Crippen LogP contribution in [0.15, 0.2) is 23.2 Å². The number of methoxy groups -OCH3 is 1. The molecule has 0 bridgehead atoms. The van der Waals surface area contributed by atoms with Crippen LogP contribution in [0.25, 0.3) is 0 Å². The van der Waals surface area contributed by atoms with Crippen molar-refractivity contribution in [3.63, 3.8) is 0 Å². The van der Waals surface area contributed by atoms with Gasteiger partial charge in [-0.25, -0.2) is 0 Å². The second-order valence-electron chi connectivity index (χ2n) is 5.03. The van der Waals surface area contributed by atoms with Gasteiger partial charge in [0.15, 0.2) is 5.96 Å². The molecule has 0 aromatic heterocycles. The highest BCUT2D eigenvalue weighted by Gasteiger charge is 2.05. The van der Waals surface area contributed by atoms with Gasteiger partial charge in [-0.15, -0.1) is 24.0 Å². The Morgan fingerprint density at radius 3 is 2.62 bits per heavy atom. The predicted octanol–water partition coefficient (Wildman–Crippen LogP) is 3.43. The van der Waals surface area contributed by atoms with Crippen LogP contribution in [0.1, 0.15) is 30.9 Å². The molecule has 1 N–H and O–H groups in total. The molecule has 0 heterocycles. The maximum absolute atomic E-state index is 5.30. The molecule has 0 fully saturated rings. The number of nitrogens with zero attached hydrogens (tertiary/aromatic N) is 2. The van der Waals surface area contributed by atoms with Crippen LogP contribution in [0.4, 0.5) is 0 Å². The van der Waals surface area contributed by atoms with E-state index < -0.39 is 0 Å². The number of hydrogen-bond donors (Lipinski definition) is 1. The molecule has 1 rings (SSSR count). The minimum absolute atomic E-state index is 0. The molecule has 0 saturated heterocycles. The highest BCUT2D eigenvalue weighted by molar-refractivity contribution is 14.0. The molecule has 0 aliphatic heterocycles. The molecule has 0 saturated carbocycles. The number of ether oxygens (including phenoxy) is 1. The molecule has 120 valence electrons. The van der Waals surface area contributed by atoms with Gasteiger partial charge in [-0.1, -0.05) is 19.4 Å². The van der Waals surface area contributed by atoms with Gasteiger partial charge < -0.3 is 15.0 Å². The summed E-state index contributed by atoms with van der Waals surface area (Å²) in [6, 6.07) is 6.25. The topological polar surface area (TPSA) is 36.9 Å². The molecule has 0 spiro atoms. The van der Waals surface area contributed by atoms with Gasteiger partial charge in [-0.2, -0.15) is 0 Å². The van der Waals surface area contributed by atoms with Gasteiger partial charge in [0.05, 0.1) is 7.11 Å². The minimum Gasteiger partial charge on any atom is -0.497 e. The zero-order valence-electron chi connectivity index (χ0n) is 13.8. The quantitative estimate of drug-likeness (QED) is 0.448. The summed E-state index contributed by atoms with van der Waals surface area (Å²) in [5.41, 5.74) is 2.40. The fourth-order valence-corrected chi connectivity index (χ4v) is 2.11. The number of benzene rings is 1. The van der Waals surface area contributed by atoms with E-state index in [0.717, 1.165) is 24.8 Å². The summed E-state index contributed by atoms with van der Waals surface area (Å²) in [7, 11) is 5.59. The van der Waals surface area contributed by atoms with Crippen LogP contribution in [0.5, 0.6) is 5.75 Å². The molecular weight excluding hydrogens is 377 g/mol. The zero-order valence-corrected chi connectivity index (χ0v) is 16.1. The molecule has 0 amide bonds. The number of halogens is 1. The zero-order chi connectivity index (χ0) is 15.0. The third-order valence-electron chi connectivity index (χ3n) is 3.22. The van der Waals surface area contributed by atoms with Gasteiger partial charge in [0, 0.05) is 27.2 Å². The summed E-state index contributed by atoms with van der Waals surface area (Å²) in [6.07, 6.45) is 2.37. The average Bonchev–Trinajstić information content (AvgIpc) is 2.45. The average molecular weight is 405 g/mol. The van der Waals surface area contributed by atoms with Gasteiger partial charge in [-0.05, 0) is 36.6 Å². The third kappa shape index (κ3) is 7.02. The van der Waals surface area contributed by atoms with E-state index in [0.29, 0.717) is 0 Å². The summed E-state index contributed by atoms with van der Waals surface area (Å²) >= 11 is 0. The first-order chi connectivity index (χ1) is 9.60. The van der Waals surface area contributed by atoms with Gasteiger partial charge in [0.25, 0.3) is 0 Å². The molecule has 0 aliphatic rings. The monoisotopic (exact) mass is 405 g/mol. The molecule has 4 nitrogen and oxygen atoms in total. The van der Waals surface area contributed by atoms with Crippen molar-refractivity contribution in [3.05, 3.63) is 29.3 Å². The van der Waals surface area contributed by atoms with Crippen LogP contribution in [0.3, 0.4) is 0 Å². The number of rotatable bonds is 6. The molecule has 1 aromatic rings. The SMILES string of the molecule is CCCCN(C)C(=NC)NCc1cc(C)cc(OC)c1.I. The molecule has 0 radical (unpaired) electrons. The second-order valence-corrected chi connectivity index (χ2v) is 5.03. The van der Waals surface area contributed by atoms with Gasteiger partial charge >= 0.3 is 0 Å². The number of guanidine groups is 1. The Labute approximate surface area is 146 Å². The maximum Gasteiger partial charge on any atom is 0.193 e. The molecule has 0 atom stereocenters. The van der Waals surface area contributed by atoms with Crippen LogP contribution < -0.4 is 10.1 Å². The van der Waals surface area contributed by atoms with E-state index in [1.807, 2.05) is 13.1 Å². The van der Waals surface area contributed by atoms with Crippen molar-refractivity contribution in [1.82, 2.24) is 10.2 Å². The molecule has 5 heteroatoms. The number of hydrogen-bond acceptors (Lipinski definition) is 2. The summed E-state index contributed by atoms with van der Waals surface area (Å²) in [5, 5.41) is 3.39. The number of aryl methyl sites for hydroxylation is 1. The van der Waals surface area contributed by atoms with Crippen LogP contribution in [0.2, 0.25) is 0 Å². The highest BCUT2D eigenvalue weighted by Crippen LogP contribution is 2.16. The predicted molar refractivity (Wildman–Crippen MR) is 101 cm³/mol. The first-order valence-electron chi connectivity index (χ1n) is 7.17. The lowest BCUT2D eigenvalue weighted by Crippen LogP contribution is -2.38. The summed E-state index contributed by atoms with van der Waals surface area (Å²) in [6.45, 7) is 6.05. The number of nitrogens with one attached hydrogen (secondary N) is 1. The van der Waals surface area contributed by atoms with E-state index in [4.69, 9.17) is 4.74 Å². The van der Waals surface area contributed by atoms with E-state index in [-0.39, 0.29) is 24.0 Å². The van der Waals surface area contributed by atoms with E-state index in [9.17, 15) is 0 Å². The summed E-state index contributed by atoms with van der Waals surface area (Å²) in [5.74, 6) is 1.83. The van der Waals surface area contributed by atoms with Crippen LogP contribution in [0, 0.1) is 6.92 Å². The lowest BCUT2D eigenvalue weighted by atomic mass is 10.1. The Balaban J connectivity index is 0.00000400. The van der Waals surface area contributed by atoms with Gasteiger partial charge in [-0.3, -0.25) is 4.99 Å². The van der Waals surface area contributed by atoms with Crippen molar-refractivity contribution in [2.24, 2.45) is 4.99 Å². The Kier molecular flexibility index (Phi) is 10.2. The Hall–Kier alpha value is -0.980. The van der Waals surface area contributed by atoms with Crippen molar-refractivity contribution >= 4 is 29.9 Å². The van der Waals surface area contributed by atoms with Gasteiger partial charge in [0.1, 0.15) is 5.75 Å². The van der Waals surface area contributed by atoms with Crippen molar-refractivity contribution < 1.29 is 4.74 Å². The van der Waals surface area contributed by atoms with Crippen molar-refractivity contribution in [3.8, 4) is 5.75 Å². The third-order valence-corrected chi connectivity index (χ3v) is 3.22. The summed E-state index contributed by atoms with van der Waals surface area (Å²) < 4.78 is 5.30. The fraction of sp³-hybridized carbons (Fsp3) is 0.562. The minimum atomic E-state index is 0. The van der Waals surface area contributed by atoms with Crippen LogP contribution >= 0.6 is 24.0 Å². The lowest BCUT2D eigenvalue weighted by Gasteiger charge is -2.22.